The smallest absolute Gasteiger partial charge is 0.324 e. The average Bonchev–Trinajstić information content (AvgIpc) is 2.39. The Hall–Kier alpha value is -0.610. The van der Waals surface area contributed by atoms with Crippen LogP contribution in [0.15, 0.2) is 0 Å². The summed E-state index contributed by atoms with van der Waals surface area (Å²) < 4.78 is 0. The zero-order chi connectivity index (χ0) is 12.3. The zero-order valence-corrected chi connectivity index (χ0v) is 10.7. The van der Waals surface area contributed by atoms with Crippen LogP contribution >= 0.6 is 0 Å². The van der Waals surface area contributed by atoms with E-state index in [4.69, 9.17) is 0 Å². The molecule has 2 atom stereocenters. The second kappa shape index (κ2) is 5.36. The molecular weight excluding hydrogens is 216 g/mol. The Kier molecular flexibility index (Phi) is 4.05. The normalized spacial score (nSPS) is 35.7. The van der Waals surface area contributed by atoms with E-state index < -0.39 is 11.5 Å². The summed E-state index contributed by atoms with van der Waals surface area (Å²) in [6.45, 7) is 5.71. The summed E-state index contributed by atoms with van der Waals surface area (Å²) >= 11 is 0. The van der Waals surface area contributed by atoms with E-state index in [9.17, 15) is 9.90 Å². The van der Waals surface area contributed by atoms with Crippen LogP contribution < -0.4 is 5.32 Å². The van der Waals surface area contributed by atoms with E-state index in [0.717, 1.165) is 51.9 Å². The first-order valence-corrected chi connectivity index (χ1v) is 6.91. The van der Waals surface area contributed by atoms with Crippen molar-refractivity contribution in [3.63, 3.8) is 0 Å². The summed E-state index contributed by atoms with van der Waals surface area (Å²) in [7, 11) is 0. The number of carbonyl (C=O) groups is 1. The zero-order valence-electron chi connectivity index (χ0n) is 10.7. The molecule has 2 N–H and O–H groups in total. The summed E-state index contributed by atoms with van der Waals surface area (Å²) in [6.07, 6.45) is 5.25. The Morgan fingerprint density at radius 3 is 2.71 bits per heavy atom. The van der Waals surface area contributed by atoms with Gasteiger partial charge in [-0.1, -0.05) is 13.3 Å². The fraction of sp³-hybridized carbons (Fsp3) is 0.923. The molecule has 0 spiro atoms. The first kappa shape index (κ1) is 12.8. The van der Waals surface area contributed by atoms with E-state index in [1.807, 2.05) is 0 Å². The van der Waals surface area contributed by atoms with Crippen LogP contribution in [0.3, 0.4) is 0 Å². The Bertz CT molecular complexity index is 277. The molecule has 0 radical (unpaired) electrons. The molecule has 2 saturated heterocycles. The van der Waals surface area contributed by atoms with Crippen molar-refractivity contribution in [3.8, 4) is 0 Å². The van der Waals surface area contributed by atoms with E-state index in [1.54, 1.807) is 0 Å². The van der Waals surface area contributed by atoms with Gasteiger partial charge in [-0.3, -0.25) is 9.69 Å². The van der Waals surface area contributed by atoms with E-state index in [2.05, 4.69) is 17.1 Å². The lowest BCUT2D eigenvalue weighted by atomic mass is 9.74. The largest absolute Gasteiger partial charge is 0.480 e. The molecule has 2 fully saturated rings. The van der Waals surface area contributed by atoms with Crippen molar-refractivity contribution >= 4 is 5.97 Å². The number of piperidine rings is 2. The molecule has 17 heavy (non-hydrogen) atoms. The highest BCUT2D eigenvalue weighted by Gasteiger charge is 2.50. The second-order valence-electron chi connectivity index (χ2n) is 5.34. The molecule has 0 amide bonds. The third-order valence-corrected chi connectivity index (χ3v) is 4.53. The lowest BCUT2D eigenvalue weighted by Crippen LogP contribution is -2.65. The second-order valence-corrected chi connectivity index (χ2v) is 5.34. The van der Waals surface area contributed by atoms with Crippen molar-refractivity contribution in [1.82, 2.24) is 10.2 Å². The maximum Gasteiger partial charge on any atom is 0.324 e. The van der Waals surface area contributed by atoms with Gasteiger partial charge in [0.2, 0.25) is 0 Å². The third-order valence-electron chi connectivity index (χ3n) is 4.53. The van der Waals surface area contributed by atoms with Gasteiger partial charge in [-0.05, 0) is 45.3 Å². The molecule has 0 bridgehead atoms. The number of carboxylic acids is 1. The van der Waals surface area contributed by atoms with Gasteiger partial charge in [0.1, 0.15) is 5.54 Å². The molecule has 0 saturated carbocycles. The molecule has 4 heteroatoms. The molecule has 2 aliphatic heterocycles. The van der Waals surface area contributed by atoms with Crippen LogP contribution in [0.4, 0.5) is 0 Å². The fourth-order valence-electron chi connectivity index (χ4n) is 3.54. The number of hydrogen-bond donors (Lipinski definition) is 2. The fourth-order valence-corrected chi connectivity index (χ4v) is 3.54. The first-order valence-electron chi connectivity index (χ1n) is 6.91. The first-order chi connectivity index (χ1) is 8.21. The average molecular weight is 240 g/mol. The molecular formula is C13H24N2O2. The van der Waals surface area contributed by atoms with E-state index in [1.165, 1.54) is 6.42 Å². The highest BCUT2D eigenvalue weighted by atomic mass is 16.4. The number of rotatable bonds is 3. The Balaban J connectivity index is 2.25. The number of likely N-dealkylation sites (tertiary alicyclic amines) is 1. The van der Waals surface area contributed by atoms with E-state index in [0.29, 0.717) is 0 Å². The van der Waals surface area contributed by atoms with Gasteiger partial charge in [-0.15, -0.1) is 0 Å². The molecule has 0 aliphatic carbocycles. The van der Waals surface area contributed by atoms with Crippen LogP contribution in [0, 0.1) is 5.92 Å². The molecule has 2 heterocycles. The number of nitrogens with one attached hydrogen (secondary N) is 1. The quantitative estimate of drug-likeness (QED) is 0.781. The van der Waals surface area contributed by atoms with Crippen LogP contribution in [0.2, 0.25) is 0 Å². The minimum atomic E-state index is -0.604. The topological polar surface area (TPSA) is 52.6 Å². The lowest BCUT2D eigenvalue weighted by molar-refractivity contribution is -0.159. The van der Waals surface area contributed by atoms with Crippen LogP contribution in [-0.2, 0) is 4.79 Å². The SMILES string of the molecule is CCC1CNCCC1(C(=O)O)N1CCCCC1. The van der Waals surface area contributed by atoms with Gasteiger partial charge >= 0.3 is 5.97 Å². The molecule has 4 nitrogen and oxygen atoms in total. The summed E-state index contributed by atoms with van der Waals surface area (Å²) in [5.74, 6) is -0.361. The predicted octanol–water partition coefficient (Wildman–Crippen LogP) is 1.32. The molecule has 0 aromatic rings. The maximum absolute atomic E-state index is 11.9. The minimum Gasteiger partial charge on any atom is -0.480 e. The number of hydrogen-bond acceptors (Lipinski definition) is 3. The summed E-state index contributed by atoms with van der Waals surface area (Å²) in [5.41, 5.74) is -0.597. The van der Waals surface area contributed by atoms with Gasteiger partial charge in [0.15, 0.2) is 0 Å². The van der Waals surface area contributed by atoms with Crippen molar-refractivity contribution in [1.29, 1.82) is 0 Å². The standard InChI is InChI=1S/C13H24N2O2/c1-2-11-10-14-7-6-13(11,12(16)17)15-8-4-3-5-9-15/h11,14H,2-10H2,1H3,(H,16,17). The predicted molar refractivity (Wildman–Crippen MR) is 67.1 cm³/mol. The van der Waals surface area contributed by atoms with Crippen molar-refractivity contribution in [2.75, 3.05) is 26.2 Å². The van der Waals surface area contributed by atoms with Crippen molar-refractivity contribution in [3.05, 3.63) is 0 Å². The van der Waals surface area contributed by atoms with E-state index >= 15 is 0 Å². The number of nitrogens with zero attached hydrogens (tertiary/aromatic N) is 1. The Morgan fingerprint density at radius 2 is 2.12 bits per heavy atom. The molecule has 0 aromatic heterocycles. The molecule has 98 valence electrons. The summed E-state index contributed by atoms with van der Waals surface area (Å²) in [4.78, 5) is 14.1. The van der Waals surface area contributed by atoms with Gasteiger partial charge in [-0.25, -0.2) is 0 Å². The van der Waals surface area contributed by atoms with Crippen LogP contribution in [0.1, 0.15) is 39.0 Å². The van der Waals surface area contributed by atoms with Gasteiger partial charge in [0.05, 0.1) is 0 Å². The van der Waals surface area contributed by atoms with Crippen molar-refractivity contribution < 1.29 is 9.90 Å². The van der Waals surface area contributed by atoms with Gasteiger partial charge in [-0.2, -0.15) is 0 Å². The Labute approximate surface area is 103 Å². The van der Waals surface area contributed by atoms with E-state index in [-0.39, 0.29) is 5.92 Å². The Morgan fingerprint density at radius 1 is 1.41 bits per heavy atom. The third kappa shape index (κ3) is 2.20. The number of aliphatic carboxylic acids is 1. The van der Waals surface area contributed by atoms with Crippen LogP contribution in [-0.4, -0.2) is 47.7 Å². The molecule has 0 aromatic carbocycles. The summed E-state index contributed by atoms with van der Waals surface area (Å²) in [5, 5.41) is 13.1. The monoisotopic (exact) mass is 240 g/mol. The van der Waals surface area contributed by atoms with Gasteiger partial charge in [0, 0.05) is 12.5 Å². The highest BCUT2D eigenvalue weighted by molar-refractivity contribution is 5.79. The number of carboxylic acid groups (broad SMARTS) is 1. The summed E-state index contributed by atoms with van der Waals surface area (Å²) in [6, 6.07) is 0. The van der Waals surface area contributed by atoms with Crippen LogP contribution in [0.25, 0.3) is 0 Å². The van der Waals surface area contributed by atoms with Crippen molar-refractivity contribution in [2.24, 2.45) is 5.92 Å². The van der Waals surface area contributed by atoms with Crippen molar-refractivity contribution in [2.45, 2.75) is 44.6 Å². The van der Waals surface area contributed by atoms with Crippen LogP contribution in [0.5, 0.6) is 0 Å². The minimum absolute atomic E-state index is 0.242. The molecule has 2 rings (SSSR count). The van der Waals surface area contributed by atoms with Gasteiger partial charge in [0.25, 0.3) is 0 Å². The molecule has 2 aliphatic rings. The van der Waals surface area contributed by atoms with Gasteiger partial charge < -0.3 is 10.4 Å². The molecule has 2 unspecified atom stereocenters. The maximum atomic E-state index is 11.9. The highest BCUT2D eigenvalue weighted by Crippen LogP contribution is 2.35. The lowest BCUT2D eigenvalue weighted by Gasteiger charge is -2.49.